The second-order valence-corrected chi connectivity index (χ2v) is 7.26. The number of carbonyl (C=O) groups is 2. The summed E-state index contributed by atoms with van der Waals surface area (Å²) in [5.41, 5.74) is 1.19. The minimum absolute atomic E-state index is 0.0592. The number of ketones is 1. The van der Waals surface area contributed by atoms with Crippen LogP contribution in [0, 0.1) is 0 Å². The van der Waals surface area contributed by atoms with Crippen molar-refractivity contribution in [3.63, 3.8) is 0 Å². The summed E-state index contributed by atoms with van der Waals surface area (Å²) in [6, 6.07) is 12.9. The lowest BCUT2D eigenvalue weighted by Gasteiger charge is -2.25. The minimum Gasteiger partial charge on any atom is -0.507 e. The number of amides is 1. The van der Waals surface area contributed by atoms with Crippen molar-refractivity contribution in [3.8, 4) is 5.75 Å². The number of benzene rings is 2. The molecule has 30 heavy (non-hydrogen) atoms. The molecule has 7 heteroatoms. The number of hydrogen-bond donors (Lipinski definition) is 1. The Morgan fingerprint density at radius 1 is 1.10 bits per heavy atom. The van der Waals surface area contributed by atoms with E-state index >= 15 is 0 Å². The molecule has 1 atom stereocenters. The summed E-state index contributed by atoms with van der Waals surface area (Å²) >= 11 is 6.02. The maximum absolute atomic E-state index is 12.9. The van der Waals surface area contributed by atoms with Crippen molar-refractivity contribution in [1.29, 1.82) is 0 Å². The van der Waals surface area contributed by atoms with Crippen molar-refractivity contribution in [2.24, 2.45) is 0 Å². The van der Waals surface area contributed by atoms with Gasteiger partial charge in [0, 0.05) is 30.3 Å². The maximum atomic E-state index is 12.9. The van der Waals surface area contributed by atoms with E-state index in [0.29, 0.717) is 48.1 Å². The number of Topliss-reactive ketones (excluding diaryl/α,β-unsaturated/α-hetero) is 1. The molecule has 1 fully saturated rings. The van der Waals surface area contributed by atoms with E-state index in [2.05, 4.69) is 0 Å². The molecule has 0 spiro atoms. The zero-order valence-electron chi connectivity index (χ0n) is 16.9. The topological polar surface area (TPSA) is 76.1 Å². The lowest BCUT2D eigenvalue weighted by molar-refractivity contribution is -0.140. The van der Waals surface area contributed by atoms with Gasteiger partial charge in [0.25, 0.3) is 11.7 Å². The van der Waals surface area contributed by atoms with E-state index in [9.17, 15) is 14.7 Å². The molecule has 3 rings (SSSR count). The first-order valence-corrected chi connectivity index (χ1v) is 10.1. The van der Waals surface area contributed by atoms with E-state index in [1.807, 2.05) is 6.92 Å². The van der Waals surface area contributed by atoms with Gasteiger partial charge in [0.2, 0.25) is 0 Å². The molecule has 1 saturated heterocycles. The fourth-order valence-corrected chi connectivity index (χ4v) is 3.61. The first-order chi connectivity index (χ1) is 14.5. The molecular formula is C23H24ClNO5. The van der Waals surface area contributed by atoms with Crippen molar-refractivity contribution >= 4 is 29.1 Å². The van der Waals surface area contributed by atoms with E-state index in [0.717, 1.165) is 0 Å². The van der Waals surface area contributed by atoms with Gasteiger partial charge in [-0.2, -0.15) is 0 Å². The van der Waals surface area contributed by atoms with Crippen molar-refractivity contribution in [2.45, 2.75) is 19.4 Å². The highest BCUT2D eigenvalue weighted by molar-refractivity contribution is 6.46. The number of likely N-dealkylation sites (tertiary alicyclic amines) is 1. The molecule has 6 nitrogen and oxygen atoms in total. The van der Waals surface area contributed by atoms with Crippen LogP contribution in [0.4, 0.5) is 0 Å². The van der Waals surface area contributed by atoms with Crippen LogP contribution in [0.2, 0.25) is 5.02 Å². The highest BCUT2D eigenvalue weighted by atomic mass is 35.5. The number of ether oxygens (including phenoxy) is 2. The third kappa shape index (κ3) is 4.50. The van der Waals surface area contributed by atoms with Gasteiger partial charge in [-0.25, -0.2) is 0 Å². The van der Waals surface area contributed by atoms with Gasteiger partial charge in [-0.3, -0.25) is 9.59 Å². The van der Waals surface area contributed by atoms with Gasteiger partial charge in [0.05, 0.1) is 18.7 Å². The van der Waals surface area contributed by atoms with Crippen LogP contribution < -0.4 is 4.74 Å². The largest absolute Gasteiger partial charge is 0.507 e. The molecule has 2 aromatic carbocycles. The highest BCUT2D eigenvalue weighted by Crippen LogP contribution is 2.39. The maximum Gasteiger partial charge on any atom is 0.295 e. The molecule has 0 saturated carbocycles. The highest BCUT2D eigenvalue weighted by Gasteiger charge is 2.45. The lowest BCUT2D eigenvalue weighted by atomic mass is 9.95. The number of carbonyl (C=O) groups excluding carboxylic acids is 2. The lowest BCUT2D eigenvalue weighted by Crippen LogP contribution is -2.31. The molecule has 1 N–H and O–H groups in total. The van der Waals surface area contributed by atoms with Crippen LogP contribution >= 0.6 is 11.6 Å². The van der Waals surface area contributed by atoms with Gasteiger partial charge in [-0.1, -0.05) is 23.7 Å². The Balaban J connectivity index is 2.04. The van der Waals surface area contributed by atoms with E-state index in [4.69, 9.17) is 21.1 Å². The molecule has 1 unspecified atom stereocenters. The first kappa shape index (κ1) is 21.9. The number of rotatable bonds is 8. The Kier molecular flexibility index (Phi) is 7.13. The summed E-state index contributed by atoms with van der Waals surface area (Å²) < 4.78 is 10.5. The molecule has 0 aromatic heterocycles. The molecule has 1 heterocycles. The number of aliphatic hydroxyl groups is 1. The third-order valence-electron chi connectivity index (χ3n) is 4.98. The van der Waals surface area contributed by atoms with E-state index < -0.39 is 17.7 Å². The standard InChI is InChI=1S/C23H24ClNO5/c1-3-30-14-4-13-25-20(15-5-9-17(24)10-6-15)19(22(27)23(25)28)21(26)16-7-11-18(29-2)12-8-16/h5-12,20,26H,3-4,13-14H2,1-2H3. The summed E-state index contributed by atoms with van der Waals surface area (Å²) in [7, 11) is 1.54. The Hall–Kier alpha value is -2.83. The van der Waals surface area contributed by atoms with Crippen molar-refractivity contribution in [2.75, 3.05) is 26.9 Å². The molecule has 0 aliphatic carbocycles. The molecular weight excluding hydrogens is 406 g/mol. The van der Waals surface area contributed by atoms with Gasteiger partial charge in [-0.05, 0) is 55.3 Å². The van der Waals surface area contributed by atoms with E-state index in [1.54, 1.807) is 55.6 Å². The van der Waals surface area contributed by atoms with Crippen molar-refractivity contribution < 1.29 is 24.2 Å². The van der Waals surface area contributed by atoms with Crippen molar-refractivity contribution in [3.05, 3.63) is 70.3 Å². The number of halogens is 1. The summed E-state index contributed by atoms with van der Waals surface area (Å²) in [4.78, 5) is 27.2. The van der Waals surface area contributed by atoms with Gasteiger partial charge < -0.3 is 19.5 Å². The summed E-state index contributed by atoms with van der Waals surface area (Å²) in [5.74, 6) is -0.943. The number of hydrogen-bond acceptors (Lipinski definition) is 5. The van der Waals surface area contributed by atoms with Crippen LogP contribution in [0.1, 0.15) is 30.5 Å². The predicted molar refractivity (Wildman–Crippen MR) is 115 cm³/mol. The molecule has 1 aliphatic rings. The monoisotopic (exact) mass is 429 g/mol. The smallest absolute Gasteiger partial charge is 0.295 e. The molecule has 1 amide bonds. The Morgan fingerprint density at radius 3 is 2.37 bits per heavy atom. The average Bonchev–Trinajstić information content (AvgIpc) is 3.01. The first-order valence-electron chi connectivity index (χ1n) is 9.74. The predicted octanol–water partition coefficient (Wildman–Crippen LogP) is 4.20. The summed E-state index contributed by atoms with van der Waals surface area (Å²) in [5, 5.41) is 11.5. The van der Waals surface area contributed by atoms with E-state index in [1.165, 1.54) is 4.90 Å². The van der Waals surface area contributed by atoms with Crippen molar-refractivity contribution in [1.82, 2.24) is 4.90 Å². The Labute approximate surface area is 180 Å². The fourth-order valence-electron chi connectivity index (χ4n) is 3.49. The molecule has 0 radical (unpaired) electrons. The molecule has 0 bridgehead atoms. The van der Waals surface area contributed by atoms with Gasteiger partial charge in [0.1, 0.15) is 11.5 Å². The van der Waals surface area contributed by atoms with Gasteiger partial charge in [0.15, 0.2) is 0 Å². The Morgan fingerprint density at radius 2 is 1.77 bits per heavy atom. The second-order valence-electron chi connectivity index (χ2n) is 6.82. The third-order valence-corrected chi connectivity index (χ3v) is 5.23. The van der Waals surface area contributed by atoms with Crippen LogP contribution in [0.15, 0.2) is 54.1 Å². The normalized spacial score (nSPS) is 18.1. The quantitative estimate of drug-likeness (QED) is 0.294. The van der Waals surface area contributed by atoms with Crippen LogP contribution in [-0.4, -0.2) is 48.6 Å². The van der Waals surface area contributed by atoms with Crippen LogP contribution in [0.5, 0.6) is 5.75 Å². The summed E-state index contributed by atoms with van der Waals surface area (Å²) in [6.07, 6.45) is 0.577. The van der Waals surface area contributed by atoms with Crippen LogP contribution in [0.3, 0.4) is 0 Å². The summed E-state index contributed by atoms with van der Waals surface area (Å²) in [6.45, 7) is 3.29. The number of methoxy groups -OCH3 is 1. The average molecular weight is 430 g/mol. The minimum atomic E-state index is -0.709. The zero-order valence-corrected chi connectivity index (χ0v) is 17.7. The number of aliphatic hydroxyl groups excluding tert-OH is 1. The van der Waals surface area contributed by atoms with Gasteiger partial charge >= 0.3 is 0 Å². The SMILES string of the molecule is CCOCCCN1C(=O)C(=O)C(=C(O)c2ccc(OC)cc2)C1c1ccc(Cl)cc1. The van der Waals surface area contributed by atoms with E-state index in [-0.39, 0.29) is 11.3 Å². The molecule has 1 aliphatic heterocycles. The zero-order chi connectivity index (χ0) is 21.7. The fraction of sp³-hybridized carbons (Fsp3) is 0.304. The number of nitrogens with zero attached hydrogens (tertiary/aromatic N) is 1. The van der Waals surface area contributed by atoms with Crippen LogP contribution in [-0.2, 0) is 14.3 Å². The Bertz CT molecular complexity index is 937. The van der Waals surface area contributed by atoms with Gasteiger partial charge in [-0.15, -0.1) is 0 Å². The second kappa shape index (κ2) is 9.78. The van der Waals surface area contributed by atoms with Crippen LogP contribution in [0.25, 0.3) is 5.76 Å². The molecule has 2 aromatic rings. The molecule has 158 valence electrons.